The summed E-state index contributed by atoms with van der Waals surface area (Å²) in [7, 11) is -1.93. The molecule has 0 unspecified atom stereocenters. The van der Waals surface area contributed by atoms with E-state index in [1.165, 1.54) is 17.4 Å². The van der Waals surface area contributed by atoms with Gasteiger partial charge in [-0.25, -0.2) is 12.7 Å². The number of hydrogen-bond acceptors (Lipinski definition) is 2. The van der Waals surface area contributed by atoms with Crippen molar-refractivity contribution in [2.45, 2.75) is 4.90 Å². The Morgan fingerprint density at radius 2 is 2.00 bits per heavy atom. The Morgan fingerprint density at radius 1 is 1.40 bits per heavy atom. The van der Waals surface area contributed by atoms with Crippen molar-refractivity contribution in [3.63, 3.8) is 0 Å². The largest absolute Gasteiger partial charge is 0.244 e. The van der Waals surface area contributed by atoms with E-state index in [1.54, 1.807) is 18.2 Å². The lowest BCUT2D eigenvalue weighted by Crippen LogP contribution is -2.28. The lowest BCUT2D eigenvalue weighted by Gasteiger charge is -2.16. The summed E-state index contributed by atoms with van der Waals surface area (Å²) < 4.78 is 25.2. The van der Waals surface area contributed by atoms with Crippen molar-refractivity contribution < 1.29 is 8.42 Å². The summed E-state index contributed by atoms with van der Waals surface area (Å²) in [6.07, 6.45) is 0. The van der Waals surface area contributed by atoms with Gasteiger partial charge in [-0.05, 0) is 12.1 Å². The van der Waals surface area contributed by atoms with Gasteiger partial charge in [-0.1, -0.05) is 39.7 Å². The fourth-order valence-electron chi connectivity index (χ4n) is 1.06. The first-order valence-corrected chi connectivity index (χ1v) is 7.21. The molecule has 0 aliphatic carbocycles. The van der Waals surface area contributed by atoms with Crippen molar-refractivity contribution in [3.05, 3.63) is 29.3 Å². The maximum atomic E-state index is 12.0. The molecule has 1 aromatic carbocycles. The molecule has 0 aliphatic heterocycles. The van der Waals surface area contributed by atoms with Crippen LogP contribution in [0.25, 0.3) is 0 Å². The quantitative estimate of drug-likeness (QED) is 0.800. The molecule has 6 heteroatoms. The molecule has 0 amide bonds. The minimum atomic E-state index is -3.46. The third kappa shape index (κ3) is 2.93. The Hall–Kier alpha value is -0.100. The monoisotopic (exact) mass is 311 g/mol. The Kier molecular flexibility index (Phi) is 4.58. The molecule has 15 heavy (non-hydrogen) atoms. The van der Waals surface area contributed by atoms with Crippen LogP contribution in [0.5, 0.6) is 0 Å². The fourth-order valence-corrected chi connectivity index (χ4v) is 3.49. The van der Waals surface area contributed by atoms with Crippen LogP contribution in [-0.4, -0.2) is 31.6 Å². The zero-order valence-electron chi connectivity index (χ0n) is 8.15. The zero-order chi connectivity index (χ0) is 11.5. The minimum Gasteiger partial charge on any atom is -0.207 e. The third-order valence-corrected chi connectivity index (χ3v) is 4.64. The summed E-state index contributed by atoms with van der Waals surface area (Å²) in [5, 5.41) is 0.839. The van der Waals surface area contributed by atoms with E-state index in [9.17, 15) is 8.42 Å². The molecular weight excluding hydrogens is 302 g/mol. The van der Waals surface area contributed by atoms with Crippen molar-refractivity contribution in [1.82, 2.24) is 4.31 Å². The van der Waals surface area contributed by atoms with Crippen molar-refractivity contribution in [3.8, 4) is 0 Å². The molecule has 0 aromatic heterocycles. The molecule has 84 valence electrons. The number of nitrogens with zero attached hydrogens (tertiary/aromatic N) is 1. The van der Waals surface area contributed by atoms with Gasteiger partial charge in [0.2, 0.25) is 10.0 Å². The predicted octanol–water partition coefficient (Wildman–Crippen LogP) is 2.36. The lowest BCUT2D eigenvalue weighted by atomic mass is 10.4. The normalized spacial score (nSPS) is 12.0. The minimum absolute atomic E-state index is 0.148. The third-order valence-electron chi connectivity index (χ3n) is 1.92. The molecule has 0 heterocycles. The highest BCUT2D eigenvalue weighted by Gasteiger charge is 2.22. The average molecular weight is 313 g/mol. The van der Waals surface area contributed by atoms with Crippen LogP contribution in [0.15, 0.2) is 29.2 Å². The SMILES string of the molecule is CN(CCBr)S(=O)(=O)c1ccccc1Cl. The fraction of sp³-hybridized carbons (Fsp3) is 0.333. The van der Waals surface area contributed by atoms with Gasteiger partial charge >= 0.3 is 0 Å². The second kappa shape index (κ2) is 5.30. The number of halogens is 2. The molecule has 0 atom stereocenters. The van der Waals surface area contributed by atoms with Crippen LogP contribution in [0.1, 0.15) is 0 Å². The molecule has 0 bridgehead atoms. The second-order valence-corrected chi connectivity index (χ2v) is 6.16. The highest BCUT2D eigenvalue weighted by molar-refractivity contribution is 9.09. The van der Waals surface area contributed by atoms with E-state index in [1.807, 2.05) is 0 Å². The highest BCUT2D eigenvalue weighted by atomic mass is 79.9. The van der Waals surface area contributed by atoms with Crippen LogP contribution in [0, 0.1) is 0 Å². The van der Waals surface area contributed by atoms with E-state index in [-0.39, 0.29) is 9.92 Å². The maximum absolute atomic E-state index is 12.0. The molecule has 0 spiro atoms. The van der Waals surface area contributed by atoms with E-state index >= 15 is 0 Å². The number of sulfonamides is 1. The first kappa shape index (κ1) is 13.0. The summed E-state index contributed by atoms with van der Waals surface area (Å²) in [4.78, 5) is 0.148. The van der Waals surface area contributed by atoms with Gasteiger partial charge in [0, 0.05) is 18.9 Å². The molecule has 3 nitrogen and oxygen atoms in total. The summed E-state index contributed by atoms with van der Waals surface area (Å²) in [5.41, 5.74) is 0. The van der Waals surface area contributed by atoms with Crippen LogP contribution in [0.4, 0.5) is 0 Å². The Morgan fingerprint density at radius 3 is 2.53 bits per heavy atom. The predicted molar refractivity (Wildman–Crippen MR) is 65.1 cm³/mol. The van der Waals surface area contributed by atoms with Gasteiger partial charge in [0.25, 0.3) is 0 Å². The van der Waals surface area contributed by atoms with Gasteiger partial charge in [0.15, 0.2) is 0 Å². The second-order valence-electron chi connectivity index (χ2n) is 2.95. The summed E-state index contributed by atoms with van der Waals surface area (Å²) in [6.45, 7) is 0.410. The van der Waals surface area contributed by atoms with E-state index in [0.717, 1.165) is 0 Å². The number of hydrogen-bond donors (Lipinski definition) is 0. The van der Waals surface area contributed by atoms with Crippen molar-refractivity contribution in [2.75, 3.05) is 18.9 Å². The highest BCUT2D eigenvalue weighted by Crippen LogP contribution is 2.23. The van der Waals surface area contributed by atoms with Crippen LogP contribution in [0.2, 0.25) is 5.02 Å². The lowest BCUT2D eigenvalue weighted by molar-refractivity contribution is 0.489. The Balaban J connectivity index is 3.12. The van der Waals surface area contributed by atoms with Crippen LogP contribution >= 0.6 is 27.5 Å². The maximum Gasteiger partial charge on any atom is 0.244 e. The van der Waals surface area contributed by atoms with Crippen LogP contribution < -0.4 is 0 Å². The van der Waals surface area contributed by atoms with Crippen molar-refractivity contribution >= 4 is 37.6 Å². The van der Waals surface area contributed by atoms with Crippen LogP contribution in [-0.2, 0) is 10.0 Å². The first-order valence-electron chi connectivity index (χ1n) is 4.27. The smallest absolute Gasteiger partial charge is 0.207 e. The van der Waals surface area contributed by atoms with Gasteiger partial charge in [0.1, 0.15) is 4.90 Å². The molecule has 1 rings (SSSR count). The summed E-state index contributed by atoms with van der Waals surface area (Å²) in [6, 6.07) is 6.42. The molecule has 0 radical (unpaired) electrons. The standard InChI is InChI=1S/C9H11BrClNO2S/c1-12(7-6-10)15(13,14)9-5-3-2-4-8(9)11/h2-5H,6-7H2,1H3. The summed E-state index contributed by atoms with van der Waals surface area (Å²) >= 11 is 9.03. The van der Waals surface area contributed by atoms with E-state index in [4.69, 9.17) is 11.6 Å². The number of alkyl halides is 1. The van der Waals surface area contributed by atoms with Gasteiger partial charge in [-0.3, -0.25) is 0 Å². The Bertz CT molecular complexity index is 435. The molecule has 0 saturated carbocycles. The van der Waals surface area contributed by atoms with Crippen molar-refractivity contribution in [1.29, 1.82) is 0 Å². The average Bonchev–Trinajstić information content (AvgIpc) is 2.18. The van der Waals surface area contributed by atoms with E-state index in [0.29, 0.717) is 11.9 Å². The van der Waals surface area contributed by atoms with Crippen molar-refractivity contribution in [2.24, 2.45) is 0 Å². The van der Waals surface area contributed by atoms with E-state index in [2.05, 4.69) is 15.9 Å². The molecule has 0 saturated heterocycles. The Labute approximate surface area is 103 Å². The van der Waals surface area contributed by atoms with Gasteiger partial charge in [-0.15, -0.1) is 0 Å². The molecular formula is C9H11BrClNO2S. The number of benzene rings is 1. The zero-order valence-corrected chi connectivity index (χ0v) is 11.3. The van der Waals surface area contributed by atoms with E-state index < -0.39 is 10.0 Å². The van der Waals surface area contributed by atoms with Gasteiger partial charge < -0.3 is 0 Å². The molecule has 1 aromatic rings. The topological polar surface area (TPSA) is 37.4 Å². The first-order chi connectivity index (χ1) is 7.00. The number of rotatable bonds is 4. The summed E-state index contributed by atoms with van der Waals surface area (Å²) in [5.74, 6) is 0. The molecule has 0 aliphatic rings. The molecule has 0 fully saturated rings. The molecule has 0 N–H and O–H groups in total. The van der Waals surface area contributed by atoms with Gasteiger partial charge in [-0.2, -0.15) is 0 Å². The van der Waals surface area contributed by atoms with Gasteiger partial charge in [0.05, 0.1) is 5.02 Å². The van der Waals surface area contributed by atoms with Crippen LogP contribution in [0.3, 0.4) is 0 Å².